The van der Waals surface area contributed by atoms with E-state index in [1.165, 1.54) is 36.6 Å². The molecule has 0 N–H and O–H groups in total. The van der Waals surface area contributed by atoms with E-state index in [0.29, 0.717) is 21.9 Å². The van der Waals surface area contributed by atoms with Gasteiger partial charge in [0.1, 0.15) is 16.8 Å². The van der Waals surface area contributed by atoms with Gasteiger partial charge >= 0.3 is 0 Å². The van der Waals surface area contributed by atoms with E-state index in [1.54, 1.807) is 6.08 Å². The van der Waals surface area contributed by atoms with Crippen LogP contribution in [0.1, 0.15) is 10.6 Å². The Bertz CT molecular complexity index is 1070. The molecule has 1 aromatic heterocycles. The smallest absolute Gasteiger partial charge is 0.270 e. The zero-order valence-electron chi connectivity index (χ0n) is 14.0. The first-order valence-corrected chi connectivity index (χ1v) is 9.35. The molecular formula is C19H12BrN3O3S. The summed E-state index contributed by atoms with van der Waals surface area (Å²) in [5, 5.41) is 23.0. The number of rotatable bonds is 5. The molecule has 134 valence electrons. The molecule has 0 saturated heterocycles. The van der Waals surface area contributed by atoms with Gasteiger partial charge in [-0.25, -0.2) is 4.98 Å². The second kappa shape index (κ2) is 8.12. The number of hydrogen-bond acceptors (Lipinski definition) is 6. The van der Waals surface area contributed by atoms with Crippen molar-refractivity contribution in [3.8, 4) is 23.1 Å². The van der Waals surface area contributed by atoms with E-state index in [9.17, 15) is 15.4 Å². The second-order valence-corrected chi connectivity index (χ2v) is 7.17. The van der Waals surface area contributed by atoms with Gasteiger partial charge in [-0.3, -0.25) is 10.1 Å². The zero-order valence-corrected chi connectivity index (χ0v) is 16.5. The van der Waals surface area contributed by atoms with Gasteiger partial charge in [0.15, 0.2) is 0 Å². The van der Waals surface area contributed by atoms with Crippen molar-refractivity contribution in [3.05, 3.63) is 73.0 Å². The Balaban J connectivity index is 2.01. The fourth-order valence-corrected chi connectivity index (χ4v) is 3.46. The minimum atomic E-state index is -0.488. The molecule has 0 amide bonds. The maximum absolute atomic E-state index is 11.0. The van der Waals surface area contributed by atoms with Crippen LogP contribution in [0.5, 0.6) is 5.75 Å². The number of nitro groups is 1. The first-order chi connectivity index (χ1) is 13.0. The minimum Gasteiger partial charge on any atom is -0.496 e. The van der Waals surface area contributed by atoms with E-state index < -0.39 is 4.92 Å². The Morgan fingerprint density at radius 2 is 2.07 bits per heavy atom. The summed E-state index contributed by atoms with van der Waals surface area (Å²) in [5.74, 6) is 0.443. The predicted molar refractivity (Wildman–Crippen MR) is 108 cm³/mol. The lowest BCUT2D eigenvalue weighted by atomic mass is 10.1. The maximum atomic E-state index is 11.0. The van der Waals surface area contributed by atoms with Gasteiger partial charge in [0, 0.05) is 33.1 Å². The Hall–Kier alpha value is -3.02. The number of methoxy groups -OCH3 is 1. The summed E-state index contributed by atoms with van der Waals surface area (Å²) in [6, 6.07) is 14.1. The molecule has 2 aromatic carbocycles. The highest BCUT2D eigenvalue weighted by atomic mass is 79.9. The summed E-state index contributed by atoms with van der Waals surface area (Å²) in [6.07, 6.45) is 1.55. The second-order valence-electron chi connectivity index (χ2n) is 5.40. The molecule has 8 heteroatoms. The lowest BCUT2D eigenvalue weighted by Gasteiger charge is -2.05. The van der Waals surface area contributed by atoms with Crippen molar-refractivity contribution in [2.24, 2.45) is 0 Å². The Kier molecular flexibility index (Phi) is 5.64. The lowest BCUT2D eigenvalue weighted by Crippen LogP contribution is -1.92. The van der Waals surface area contributed by atoms with Gasteiger partial charge in [0.2, 0.25) is 0 Å². The quantitative estimate of drug-likeness (QED) is 0.294. The molecule has 27 heavy (non-hydrogen) atoms. The van der Waals surface area contributed by atoms with Gasteiger partial charge < -0.3 is 4.74 Å². The monoisotopic (exact) mass is 441 g/mol. The molecule has 1 heterocycles. The van der Waals surface area contributed by atoms with Crippen molar-refractivity contribution in [1.82, 2.24) is 4.98 Å². The molecular weight excluding hydrogens is 430 g/mol. The van der Waals surface area contributed by atoms with Crippen LogP contribution in [0.15, 0.2) is 52.3 Å². The first-order valence-electron chi connectivity index (χ1n) is 7.68. The maximum Gasteiger partial charge on any atom is 0.270 e. The number of halogens is 1. The van der Waals surface area contributed by atoms with E-state index in [4.69, 9.17) is 4.74 Å². The molecule has 0 radical (unpaired) electrons. The molecule has 0 aliphatic heterocycles. The molecule has 0 atom stereocenters. The third kappa shape index (κ3) is 4.22. The van der Waals surface area contributed by atoms with Crippen LogP contribution >= 0.6 is 27.3 Å². The number of nitriles is 1. The summed E-state index contributed by atoms with van der Waals surface area (Å²) in [7, 11) is 1.47. The molecule has 6 nitrogen and oxygen atoms in total. The highest BCUT2D eigenvalue weighted by Gasteiger charge is 2.13. The predicted octanol–water partition coefficient (Wildman–Crippen LogP) is 5.55. The van der Waals surface area contributed by atoms with Crippen molar-refractivity contribution in [2.75, 3.05) is 7.11 Å². The Labute approximate surface area is 167 Å². The summed E-state index contributed by atoms with van der Waals surface area (Å²) < 4.78 is 6.22. The number of nitro benzene ring substituents is 1. The van der Waals surface area contributed by atoms with Crippen molar-refractivity contribution in [2.45, 2.75) is 0 Å². The number of ether oxygens (including phenoxy) is 1. The van der Waals surface area contributed by atoms with Crippen molar-refractivity contribution < 1.29 is 9.66 Å². The molecule has 0 unspecified atom stereocenters. The fourth-order valence-electron chi connectivity index (χ4n) is 2.40. The van der Waals surface area contributed by atoms with Crippen LogP contribution in [0.25, 0.3) is 22.9 Å². The highest BCUT2D eigenvalue weighted by molar-refractivity contribution is 9.10. The van der Waals surface area contributed by atoms with Gasteiger partial charge in [0.05, 0.1) is 23.3 Å². The Morgan fingerprint density at radius 3 is 2.70 bits per heavy atom. The van der Waals surface area contributed by atoms with Crippen LogP contribution in [-0.4, -0.2) is 17.0 Å². The van der Waals surface area contributed by atoms with Gasteiger partial charge in [-0.15, -0.1) is 11.3 Å². The van der Waals surface area contributed by atoms with Crippen LogP contribution < -0.4 is 4.74 Å². The van der Waals surface area contributed by atoms with Crippen LogP contribution in [0.3, 0.4) is 0 Å². The SMILES string of the molecule is COc1ccc([N+](=O)[O-])cc1C=C(C#N)c1nc(-c2ccc(Br)cc2)cs1. The van der Waals surface area contributed by atoms with Crippen molar-refractivity contribution >= 4 is 44.6 Å². The number of nitrogens with zero attached hydrogens (tertiary/aromatic N) is 3. The highest BCUT2D eigenvalue weighted by Crippen LogP contribution is 2.31. The fraction of sp³-hybridized carbons (Fsp3) is 0.0526. The molecule has 0 spiro atoms. The van der Waals surface area contributed by atoms with Gasteiger partial charge in [-0.1, -0.05) is 28.1 Å². The average molecular weight is 442 g/mol. The molecule has 0 bridgehead atoms. The third-order valence-electron chi connectivity index (χ3n) is 3.72. The number of aromatic nitrogens is 1. The summed E-state index contributed by atoms with van der Waals surface area (Å²) in [5.41, 5.74) is 2.38. The van der Waals surface area contributed by atoms with Gasteiger partial charge in [0.25, 0.3) is 5.69 Å². The molecule has 3 aromatic rings. The van der Waals surface area contributed by atoms with E-state index in [0.717, 1.165) is 15.7 Å². The normalized spacial score (nSPS) is 11.1. The number of thiazole rings is 1. The minimum absolute atomic E-state index is 0.0750. The molecule has 0 fully saturated rings. The average Bonchev–Trinajstić information content (AvgIpc) is 3.16. The number of non-ortho nitro benzene ring substituents is 1. The van der Waals surface area contributed by atoms with Crippen molar-refractivity contribution in [1.29, 1.82) is 5.26 Å². The van der Waals surface area contributed by atoms with E-state index >= 15 is 0 Å². The van der Waals surface area contributed by atoms with Crippen molar-refractivity contribution in [3.63, 3.8) is 0 Å². The van der Waals surface area contributed by atoms with Crippen LogP contribution in [0, 0.1) is 21.4 Å². The van der Waals surface area contributed by atoms with Gasteiger partial charge in [-0.2, -0.15) is 5.26 Å². The van der Waals surface area contributed by atoms with E-state index in [-0.39, 0.29) is 5.69 Å². The molecule has 0 aliphatic carbocycles. The standard InChI is InChI=1S/C19H12BrN3O3S/c1-26-18-7-6-16(23(24)25)9-13(18)8-14(10-21)19-22-17(11-27-19)12-2-4-15(20)5-3-12/h2-9,11H,1H3. The van der Waals surface area contributed by atoms with Crippen LogP contribution in [-0.2, 0) is 0 Å². The Morgan fingerprint density at radius 1 is 1.33 bits per heavy atom. The summed E-state index contributed by atoms with van der Waals surface area (Å²) in [6.45, 7) is 0. The molecule has 0 aliphatic rings. The number of hydrogen-bond donors (Lipinski definition) is 0. The third-order valence-corrected chi connectivity index (χ3v) is 5.12. The lowest BCUT2D eigenvalue weighted by molar-refractivity contribution is -0.384. The zero-order chi connectivity index (χ0) is 19.4. The summed E-state index contributed by atoms with van der Waals surface area (Å²) in [4.78, 5) is 15.1. The van der Waals surface area contributed by atoms with E-state index in [2.05, 4.69) is 27.0 Å². The summed E-state index contributed by atoms with van der Waals surface area (Å²) >= 11 is 4.73. The number of allylic oxidation sites excluding steroid dienone is 1. The van der Waals surface area contributed by atoms with Gasteiger partial charge in [-0.05, 0) is 24.3 Å². The number of benzene rings is 2. The molecule has 0 saturated carbocycles. The molecule has 3 rings (SSSR count). The van der Waals surface area contributed by atoms with Crippen LogP contribution in [0.2, 0.25) is 0 Å². The first kappa shape index (κ1) is 18.8. The topological polar surface area (TPSA) is 89.0 Å². The van der Waals surface area contributed by atoms with E-state index in [1.807, 2.05) is 29.6 Å². The van der Waals surface area contributed by atoms with Crippen LogP contribution in [0.4, 0.5) is 5.69 Å². The largest absolute Gasteiger partial charge is 0.496 e.